The van der Waals surface area contributed by atoms with Crippen LogP contribution in [0, 0.1) is 0 Å². The average Bonchev–Trinajstić information content (AvgIpc) is 2.79. The van der Waals surface area contributed by atoms with Crippen LogP contribution in [0.25, 0.3) is 0 Å². The van der Waals surface area contributed by atoms with Gasteiger partial charge in [0.2, 0.25) is 0 Å². The molecule has 0 fully saturated rings. The molecule has 1 atom stereocenters. The van der Waals surface area contributed by atoms with Crippen LogP contribution in [-0.2, 0) is 6.54 Å². The van der Waals surface area contributed by atoms with Crippen molar-refractivity contribution in [1.29, 1.82) is 0 Å². The molecule has 2 N–H and O–H groups in total. The molecule has 0 aliphatic rings. The Hall–Kier alpha value is -1.68. The molecular weight excluding hydrogens is 212 g/mol. The predicted molar refractivity (Wildman–Crippen MR) is 67.4 cm³/mol. The van der Waals surface area contributed by atoms with E-state index in [4.69, 9.17) is 5.73 Å². The van der Waals surface area contributed by atoms with Crippen molar-refractivity contribution in [3.8, 4) is 0 Å². The van der Waals surface area contributed by atoms with Gasteiger partial charge < -0.3 is 10.3 Å². The number of hydrogen-bond acceptors (Lipinski definition) is 3. The van der Waals surface area contributed by atoms with Gasteiger partial charge in [0.15, 0.2) is 0 Å². The molecule has 0 aromatic carbocycles. The third-order valence-electron chi connectivity index (χ3n) is 2.74. The zero-order valence-corrected chi connectivity index (χ0v) is 10.1. The van der Waals surface area contributed by atoms with Crippen LogP contribution in [0.5, 0.6) is 0 Å². The lowest BCUT2D eigenvalue weighted by Gasteiger charge is -2.07. The Morgan fingerprint density at radius 3 is 2.82 bits per heavy atom. The number of rotatable bonds is 5. The third-order valence-corrected chi connectivity index (χ3v) is 2.74. The second kappa shape index (κ2) is 5.59. The topological polar surface area (TPSA) is 56.7 Å². The van der Waals surface area contributed by atoms with Gasteiger partial charge in [0.25, 0.3) is 0 Å². The van der Waals surface area contributed by atoms with E-state index in [-0.39, 0.29) is 6.04 Å². The monoisotopic (exact) mass is 230 g/mol. The maximum atomic E-state index is 6.07. The van der Waals surface area contributed by atoms with E-state index in [1.807, 2.05) is 12.3 Å². The van der Waals surface area contributed by atoms with E-state index in [0.717, 1.165) is 18.7 Å². The minimum Gasteiger partial charge on any atom is -0.346 e. The van der Waals surface area contributed by atoms with E-state index in [2.05, 4.69) is 33.7 Å². The molecule has 2 aromatic heterocycles. The summed E-state index contributed by atoms with van der Waals surface area (Å²) in [5, 5.41) is 0. The summed E-state index contributed by atoms with van der Waals surface area (Å²) in [5.74, 6) is 0.818. The molecule has 4 nitrogen and oxygen atoms in total. The molecule has 4 heteroatoms. The van der Waals surface area contributed by atoms with Gasteiger partial charge in [-0.1, -0.05) is 13.3 Å². The first-order chi connectivity index (χ1) is 8.29. The summed E-state index contributed by atoms with van der Waals surface area (Å²) in [4.78, 5) is 8.40. The summed E-state index contributed by atoms with van der Waals surface area (Å²) in [6, 6.07) is 4.03. The molecule has 0 aliphatic carbocycles. The molecule has 2 heterocycles. The van der Waals surface area contributed by atoms with Gasteiger partial charge in [0, 0.05) is 30.8 Å². The second-order valence-electron chi connectivity index (χ2n) is 4.18. The lowest BCUT2D eigenvalue weighted by molar-refractivity contribution is 0.635. The van der Waals surface area contributed by atoms with Gasteiger partial charge in [0.1, 0.15) is 5.82 Å². The lowest BCUT2D eigenvalue weighted by Crippen LogP contribution is -2.09. The number of nitrogens with two attached hydrogens (primary N) is 1. The normalized spacial score (nSPS) is 12.6. The Balaban J connectivity index is 2.04. The minimum atomic E-state index is 0.137. The summed E-state index contributed by atoms with van der Waals surface area (Å²) in [6.07, 6.45) is 9.75. The fourth-order valence-electron chi connectivity index (χ4n) is 1.83. The Morgan fingerprint density at radius 2 is 2.12 bits per heavy atom. The molecule has 0 radical (unpaired) electrons. The van der Waals surface area contributed by atoms with Crippen molar-refractivity contribution < 1.29 is 0 Å². The molecule has 2 aromatic rings. The molecule has 0 saturated carbocycles. The number of hydrogen-bond donors (Lipinski definition) is 1. The highest BCUT2D eigenvalue weighted by atomic mass is 15.0. The number of aromatic nitrogens is 3. The first kappa shape index (κ1) is 11.8. The summed E-state index contributed by atoms with van der Waals surface area (Å²) < 4.78 is 2.07. The highest BCUT2D eigenvalue weighted by molar-refractivity contribution is 5.15. The first-order valence-electron chi connectivity index (χ1n) is 5.96. The van der Waals surface area contributed by atoms with Crippen molar-refractivity contribution in [3.05, 3.63) is 48.3 Å². The summed E-state index contributed by atoms with van der Waals surface area (Å²) in [7, 11) is 0. The zero-order chi connectivity index (χ0) is 12.1. The maximum Gasteiger partial charge on any atom is 0.147 e. The molecule has 2 rings (SSSR count). The Bertz CT molecular complexity index is 449. The second-order valence-corrected chi connectivity index (χ2v) is 4.18. The molecule has 0 spiro atoms. The van der Waals surface area contributed by atoms with Crippen LogP contribution in [0.15, 0.2) is 36.9 Å². The van der Waals surface area contributed by atoms with Gasteiger partial charge in [-0.2, -0.15) is 0 Å². The molecule has 0 amide bonds. The predicted octanol–water partition coefficient (Wildman–Crippen LogP) is 2.13. The molecule has 17 heavy (non-hydrogen) atoms. The molecule has 1 unspecified atom stereocenters. The van der Waals surface area contributed by atoms with Crippen LogP contribution in [0.1, 0.15) is 37.2 Å². The largest absolute Gasteiger partial charge is 0.346 e. The van der Waals surface area contributed by atoms with Crippen LogP contribution in [0.3, 0.4) is 0 Å². The summed E-state index contributed by atoms with van der Waals surface area (Å²) >= 11 is 0. The summed E-state index contributed by atoms with van der Waals surface area (Å²) in [5.41, 5.74) is 7.25. The van der Waals surface area contributed by atoms with E-state index in [0.29, 0.717) is 6.54 Å². The fourth-order valence-corrected chi connectivity index (χ4v) is 1.83. The Labute approximate surface area is 102 Å². The summed E-state index contributed by atoms with van der Waals surface area (Å²) in [6.45, 7) is 2.84. The standard InChI is InChI=1S/C13H18N4/c1-2-4-12(14)11-5-8-17(9-11)10-13-15-6-3-7-16-13/h3,5-9,12H,2,4,10,14H2,1H3. The van der Waals surface area contributed by atoms with Crippen LogP contribution >= 0.6 is 0 Å². The van der Waals surface area contributed by atoms with E-state index in [9.17, 15) is 0 Å². The fraction of sp³-hybridized carbons (Fsp3) is 0.385. The van der Waals surface area contributed by atoms with Crippen molar-refractivity contribution in [3.63, 3.8) is 0 Å². The van der Waals surface area contributed by atoms with E-state index in [1.165, 1.54) is 5.56 Å². The van der Waals surface area contributed by atoms with E-state index < -0.39 is 0 Å². The Kier molecular flexibility index (Phi) is 3.88. The van der Waals surface area contributed by atoms with Gasteiger partial charge >= 0.3 is 0 Å². The molecule has 0 bridgehead atoms. The van der Waals surface area contributed by atoms with Crippen molar-refractivity contribution in [2.75, 3.05) is 0 Å². The van der Waals surface area contributed by atoms with Gasteiger partial charge in [0.05, 0.1) is 6.54 Å². The van der Waals surface area contributed by atoms with Crippen molar-refractivity contribution in [1.82, 2.24) is 14.5 Å². The maximum absolute atomic E-state index is 6.07. The molecular formula is C13H18N4. The van der Waals surface area contributed by atoms with Gasteiger partial charge in [-0.05, 0) is 24.1 Å². The van der Waals surface area contributed by atoms with Crippen LogP contribution in [0.2, 0.25) is 0 Å². The smallest absolute Gasteiger partial charge is 0.147 e. The lowest BCUT2D eigenvalue weighted by atomic mass is 10.1. The van der Waals surface area contributed by atoms with Crippen molar-refractivity contribution in [2.45, 2.75) is 32.4 Å². The number of nitrogens with zero attached hydrogens (tertiary/aromatic N) is 3. The quantitative estimate of drug-likeness (QED) is 0.856. The van der Waals surface area contributed by atoms with Crippen LogP contribution < -0.4 is 5.73 Å². The highest BCUT2D eigenvalue weighted by Gasteiger charge is 2.06. The highest BCUT2D eigenvalue weighted by Crippen LogP contribution is 2.16. The molecule has 0 aliphatic heterocycles. The van der Waals surface area contributed by atoms with Crippen molar-refractivity contribution >= 4 is 0 Å². The van der Waals surface area contributed by atoms with Gasteiger partial charge in [-0.25, -0.2) is 9.97 Å². The SMILES string of the molecule is CCCC(N)c1ccn(Cc2ncccn2)c1. The van der Waals surface area contributed by atoms with Crippen LogP contribution in [0.4, 0.5) is 0 Å². The Morgan fingerprint density at radius 1 is 1.35 bits per heavy atom. The third kappa shape index (κ3) is 3.14. The van der Waals surface area contributed by atoms with E-state index in [1.54, 1.807) is 12.4 Å². The molecule has 0 saturated heterocycles. The van der Waals surface area contributed by atoms with Crippen LogP contribution in [-0.4, -0.2) is 14.5 Å². The van der Waals surface area contributed by atoms with Gasteiger partial charge in [-0.15, -0.1) is 0 Å². The first-order valence-corrected chi connectivity index (χ1v) is 5.96. The average molecular weight is 230 g/mol. The minimum absolute atomic E-state index is 0.137. The molecule has 90 valence electrons. The van der Waals surface area contributed by atoms with Crippen molar-refractivity contribution in [2.24, 2.45) is 5.73 Å². The zero-order valence-electron chi connectivity index (χ0n) is 10.1. The van der Waals surface area contributed by atoms with E-state index >= 15 is 0 Å². The van der Waals surface area contributed by atoms with Gasteiger partial charge in [-0.3, -0.25) is 0 Å².